The van der Waals surface area contributed by atoms with E-state index in [2.05, 4.69) is 4.74 Å². The molecule has 104 valence electrons. The van der Waals surface area contributed by atoms with Gasteiger partial charge in [0.15, 0.2) is 0 Å². The maximum absolute atomic E-state index is 13.5. The summed E-state index contributed by atoms with van der Waals surface area (Å²) in [5.41, 5.74) is 0.297. The van der Waals surface area contributed by atoms with Gasteiger partial charge >= 0.3 is 5.97 Å². The van der Waals surface area contributed by atoms with E-state index in [4.69, 9.17) is 12.2 Å². The van der Waals surface area contributed by atoms with E-state index < -0.39 is 17.7 Å². The van der Waals surface area contributed by atoms with Gasteiger partial charge in [-0.15, -0.1) is 0 Å². The van der Waals surface area contributed by atoms with Gasteiger partial charge in [0.1, 0.15) is 16.7 Å². The highest BCUT2D eigenvalue weighted by Gasteiger charge is 2.33. The highest BCUT2D eigenvalue weighted by Crippen LogP contribution is 2.32. The van der Waals surface area contributed by atoms with Crippen LogP contribution in [0.15, 0.2) is 29.2 Å². The van der Waals surface area contributed by atoms with Crippen molar-refractivity contribution >= 4 is 46.3 Å². The predicted octanol–water partition coefficient (Wildman–Crippen LogP) is 2.20. The summed E-state index contributed by atoms with van der Waals surface area (Å²) >= 11 is 6.07. The Balaban J connectivity index is 2.24. The molecule has 0 unspecified atom stereocenters. The first kappa shape index (κ1) is 14.7. The molecule has 1 saturated heterocycles. The maximum atomic E-state index is 13.5. The van der Waals surface area contributed by atoms with Crippen molar-refractivity contribution in [1.82, 2.24) is 4.90 Å². The molecular weight excluding hydrogens is 301 g/mol. The van der Waals surface area contributed by atoms with Crippen LogP contribution in [0.1, 0.15) is 5.56 Å². The van der Waals surface area contributed by atoms with Gasteiger partial charge in [-0.25, -0.2) is 4.39 Å². The Morgan fingerprint density at radius 3 is 2.85 bits per heavy atom. The summed E-state index contributed by atoms with van der Waals surface area (Å²) in [5.74, 6) is -1.41. The number of thioether (sulfide) groups is 1. The molecule has 1 aliphatic rings. The molecule has 20 heavy (non-hydrogen) atoms. The highest BCUT2D eigenvalue weighted by molar-refractivity contribution is 8.26. The van der Waals surface area contributed by atoms with Crippen LogP contribution in [0.4, 0.5) is 4.39 Å². The van der Waals surface area contributed by atoms with Gasteiger partial charge in [-0.3, -0.25) is 14.5 Å². The van der Waals surface area contributed by atoms with Gasteiger partial charge in [0, 0.05) is 5.56 Å². The van der Waals surface area contributed by atoms with Crippen LogP contribution in [0.2, 0.25) is 0 Å². The van der Waals surface area contributed by atoms with E-state index in [-0.39, 0.29) is 15.8 Å². The van der Waals surface area contributed by atoms with E-state index in [1.807, 2.05) is 0 Å². The number of halogens is 1. The number of hydrogen-bond donors (Lipinski definition) is 0. The fourth-order valence-corrected chi connectivity index (χ4v) is 2.81. The molecule has 1 aromatic rings. The second-order valence-electron chi connectivity index (χ2n) is 3.87. The lowest BCUT2D eigenvalue weighted by Crippen LogP contribution is -2.33. The minimum Gasteiger partial charge on any atom is -0.468 e. The topological polar surface area (TPSA) is 46.6 Å². The van der Waals surface area contributed by atoms with Crippen molar-refractivity contribution in [1.29, 1.82) is 0 Å². The molecule has 0 bridgehead atoms. The summed E-state index contributed by atoms with van der Waals surface area (Å²) in [5, 5.41) is 0. The third-order valence-electron chi connectivity index (χ3n) is 2.58. The van der Waals surface area contributed by atoms with Gasteiger partial charge in [0.25, 0.3) is 5.91 Å². The van der Waals surface area contributed by atoms with Crippen molar-refractivity contribution in [2.75, 3.05) is 13.7 Å². The van der Waals surface area contributed by atoms with Crippen molar-refractivity contribution in [2.45, 2.75) is 0 Å². The Labute approximate surface area is 124 Å². The zero-order valence-electron chi connectivity index (χ0n) is 10.5. The monoisotopic (exact) mass is 311 g/mol. The fourth-order valence-electron chi connectivity index (χ4n) is 1.56. The van der Waals surface area contributed by atoms with Crippen LogP contribution in [0.25, 0.3) is 6.08 Å². The first-order valence-corrected chi connectivity index (χ1v) is 6.82. The molecule has 0 N–H and O–H groups in total. The van der Waals surface area contributed by atoms with Crippen LogP contribution in [-0.4, -0.2) is 34.8 Å². The molecule has 1 heterocycles. The van der Waals surface area contributed by atoms with Gasteiger partial charge in [0.05, 0.1) is 12.0 Å². The van der Waals surface area contributed by atoms with Crippen molar-refractivity contribution in [3.05, 3.63) is 40.6 Å². The van der Waals surface area contributed by atoms with Gasteiger partial charge in [-0.2, -0.15) is 0 Å². The van der Waals surface area contributed by atoms with Crippen molar-refractivity contribution in [3.8, 4) is 0 Å². The number of rotatable bonds is 3. The Kier molecular flexibility index (Phi) is 4.51. The average Bonchev–Trinajstić information content (AvgIpc) is 2.69. The zero-order valence-corrected chi connectivity index (χ0v) is 12.1. The Hall–Kier alpha value is -1.73. The molecule has 0 atom stereocenters. The van der Waals surface area contributed by atoms with Crippen LogP contribution >= 0.6 is 24.0 Å². The molecule has 0 saturated carbocycles. The summed E-state index contributed by atoms with van der Waals surface area (Å²) in [6, 6.07) is 6.10. The van der Waals surface area contributed by atoms with Gasteiger partial charge < -0.3 is 4.74 Å². The largest absolute Gasteiger partial charge is 0.468 e. The minimum atomic E-state index is -0.562. The fraction of sp³-hybridized carbons (Fsp3) is 0.154. The molecule has 7 heteroatoms. The van der Waals surface area contributed by atoms with E-state index in [9.17, 15) is 14.0 Å². The quantitative estimate of drug-likeness (QED) is 0.486. The van der Waals surface area contributed by atoms with Gasteiger partial charge in [0.2, 0.25) is 0 Å². The molecule has 0 spiro atoms. The summed E-state index contributed by atoms with van der Waals surface area (Å²) < 4.78 is 18.3. The number of carbonyl (C=O) groups is 2. The summed E-state index contributed by atoms with van der Waals surface area (Å²) in [4.78, 5) is 24.7. The van der Waals surface area contributed by atoms with Crippen LogP contribution in [0, 0.1) is 5.82 Å². The lowest BCUT2D eigenvalue weighted by atomic mass is 10.2. The number of ether oxygens (including phenoxy) is 1. The van der Waals surface area contributed by atoms with E-state index in [1.54, 1.807) is 18.2 Å². The molecule has 1 aliphatic heterocycles. The second-order valence-corrected chi connectivity index (χ2v) is 5.54. The second kappa shape index (κ2) is 6.15. The van der Waals surface area contributed by atoms with Crippen molar-refractivity contribution in [3.63, 3.8) is 0 Å². The average molecular weight is 311 g/mol. The number of esters is 1. The molecule has 1 fully saturated rings. The number of nitrogens with zero attached hydrogens (tertiary/aromatic N) is 1. The number of methoxy groups -OCH3 is 1. The number of carbonyl (C=O) groups excluding carboxylic acids is 2. The van der Waals surface area contributed by atoms with Crippen molar-refractivity contribution < 1.29 is 18.7 Å². The molecule has 1 amide bonds. The lowest BCUT2D eigenvalue weighted by molar-refractivity contribution is -0.143. The molecule has 0 radical (unpaired) electrons. The number of thiocarbonyl (C=S) groups is 1. The zero-order chi connectivity index (χ0) is 14.7. The van der Waals surface area contributed by atoms with Gasteiger partial charge in [-0.05, 0) is 12.1 Å². The first-order valence-electron chi connectivity index (χ1n) is 5.59. The smallest absolute Gasteiger partial charge is 0.325 e. The molecule has 0 aromatic heterocycles. The van der Waals surface area contributed by atoms with Crippen molar-refractivity contribution in [2.24, 2.45) is 0 Å². The number of amides is 1. The third kappa shape index (κ3) is 3.05. The lowest BCUT2D eigenvalue weighted by Gasteiger charge is -2.11. The normalized spacial score (nSPS) is 16.9. The summed E-state index contributed by atoms with van der Waals surface area (Å²) in [7, 11) is 1.23. The van der Waals surface area contributed by atoms with Crippen LogP contribution in [0.3, 0.4) is 0 Å². The standard InChI is InChI=1S/C13H10FNO3S2/c1-18-11(16)7-15-12(17)10(20-13(15)19)6-8-4-2-3-5-9(8)14/h2-6H,7H2,1H3/b10-6-. The van der Waals surface area contributed by atoms with Crippen LogP contribution < -0.4 is 0 Å². The molecule has 2 rings (SSSR count). The van der Waals surface area contributed by atoms with E-state index >= 15 is 0 Å². The minimum absolute atomic E-state index is 0.240. The number of benzene rings is 1. The summed E-state index contributed by atoms with van der Waals surface area (Å²) in [6.45, 7) is -0.240. The van der Waals surface area contributed by atoms with E-state index in [1.165, 1.54) is 19.3 Å². The molecule has 4 nitrogen and oxygen atoms in total. The molecule has 0 aliphatic carbocycles. The van der Waals surface area contributed by atoms with E-state index in [0.29, 0.717) is 5.56 Å². The first-order chi connectivity index (χ1) is 9.52. The molecular formula is C13H10FNO3S2. The Morgan fingerprint density at radius 2 is 2.20 bits per heavy atom. The van der Waals surface area contributed by atoms with Crippen LogP contribution in [0.5, 0.6) is 0 Å². The number of hydrogen-bond acceptors (Lipinski definition) is 5. The van der Waals surface area contributed by atoms with E-state index in [0.717, 1.165) is 16.7 Å². The highest BCUT2D eigenvalue weighted by atomic mass is 32.2. The Morgan fingerprint density at radius 1 is 1.50 bits per heavy atom. The Bertz CT molecular complexity index is 615. The predicted molar refractivity (Wildman–Crippen MR) is 78.3 cm³/mol. The summed E-state index contributed by atoms with van der Waals surface area (Å²) in [6.07, 6.45) is 1.42. The van der Waals surface area contributed by atoms with Crippen LogP contribution in [-0.2, 0) is 14.3 Å². The third-order valence-corrected chi connectivity index (χ3v) is 3.96. The maximum Gasteiger partial charge on any atom is 0.325 e. The van der Waals surface area contributed by atoms with Gasteiger partial charge in [-0.1, -0.05) is 42.2 Å². The SMILES string of the molecule is COC(=O)CN1C(=O)/C(=C/c2ccccc2F)SC1=S. The molecule has 1 aromatic carbocycles.